The number of rotatable bonds is 4. The molecule has 1 atom stereocenters. The molecule has 1 aliphatic heterocycles. The van der Waals surface area contributed by atoms with Gasteiger partial charge in [-0.05, 0) is 62.1 Å². The molecular weight excluding hydrogens is 322 g/mol. The first-order chi connectivity index (χ1) is 11.6. The van der Waals surface area contributed by atoms with Crippen molar-refractivity contribution in [1.29, 1.82) is 0 Å². The molecule has 0 spiro atoms. The van der Waals surface area contributed by atoms with E-state index in [0.717, 1.165) is 31.5 Å². The minimum absolute atomic E-state index is 0.0966. The van der Waals surface area contributed by atoms with Gasteiger partial charge in [0, 0.05) is 23.7 Å². The highest BCUT2D eigenvalue weighted by Crippen LogP contribution is 2.24. The Morgan fingerprint density at radius 3 is 2.50 bits per heavy atom. The van der Waals surface area contributed by atoms with Gasteiger partial charge in [0.25, 0.3) is 5.91 Å². The number of benzene rings is 2. The first kappa shape index (κ1) is 16.8. The molecule has 0 aromatic heterocycles. The van der Waals surface area contributed by atoms with Gasteiger partial charge in [-0.3, -0.25) is 4.79 Å². The van der Waals surface area contributed by atoms with Crippen molar-refractivity contribution in [3.8, 4) is 5.75 Å². The fourth-order valence-electron chi connectivity index (χ4n) is 2.99. The summed E-state index contributed by atoms with van der Waals surface area (Å²) in [7, 11) is 0. The number of piperidine rings is 1. The minimum atomic E-state index is -0.109. The fraction of sp³-hybridized carbons (Fsp3) is 0.350. The second kappa shape index (κ2) is 7.71. The van der Waals surface area contributed by atoms with Gasteiger partial charge < -0.3 is 9.64 Å². The first-order valence-electron chi connectivity index (χ1n) is 8.45. The summed E-state index contributed by atoms with van der Waals surface area (Å²) >= 11 is 5.92. The van der Waals surface area contributed by atoms with Crippen LogP contribution in [0.2, 0.25) is 5.02 Å². The predicted octanol–water partition coefficient (Wildman–Crippen LogP) is 5.11. The summed E-state index contributed by atoms with van der Waals surface area (Å²) in [6.07, 6.45) is 3.29. The van der Waals surface area contributed by atoms with Crippen LogP contribution >= 0.6 is 11.6 Å². The molecule has 0 bridgehead atoms. The van der Waals surface area contributed by atoms with Crippen LogP contribution in [-0.4, -0.2) is 23.9 Å². The number of carbonyl (C=O) groups is 1. The summed E-state index contributed by atoms with van der Waals surface area (Å²) in [6, 6.07) is 15.1. The highest BCUT2D eigenvalue weighted by molar-refractivity contribution is 6.30. The SMILES string of the molecule is CC(Oc1cccc(C(=O)N2CCCCC2)c1)c1ccc(Cl)cc1. The normalized spacial score (nSPS) is 15.8. The molecule has 1 amide bonds. The van der Waals surface area contributed by atoms with Crippen LogP contribution in [0.15, 0.2) is 48.5 Å². The largest absolute Gasteiger partial charge is 0.486 e. The summed E-state index contributed by atoms with van der Waals surface area (Å²) in [5.41, 5.74) is 1.74. The highest BCUT2D eigenvalue weighted by atomic mass is 35.5. The van der Waals surface area contributed by atoms with Gasteiger partial charge in [0.2, 0.25) is 0 Å². The van der Waals surface area contributed by atoms with Crippen LogP contribution in [0.25, 0.3) is 0 Å². The fourth-order valence-corrected chi connectivity index (χ4v) is 3.11. The molecule has 4 heteroatoms. The van der Waals surface area contributed by atoms with Gasteiger partial charge in [-0.1, -0.05) is 29.8 Å². The Bertz CT molecular complexity index is 693. The van der Waals surface area contributed by atoms with Crippen molar-refractivity contribution in [3.05, 3.63) is 64.7 Å². The molecule has 2 aromatic carbocycles. The molecule has 3 rings (SSSR count). The topological polar surface area (TPSA) is 29.5 Å². The van der Waals surface area contributed by atoms with Gasteiger partial charge in [0.05, 0.1) is 0 Å². The van der Waals surface area contributed by atoms with Gasteiger partial charge in [-0.2, -0.15) is 0 Å². The zero-order valence-electron chi connectivity index (χ0n) is 13.9. The molecule has 1 saturated heterocycles. The van der Waals surface area contributed by atoms with Crippen molar-refractivity contribution >= 4 is 17.5 Å². The molecule has 3 nitrogen and oxygen atoms in total. The highest BCUT2D eigenvalue weighted by Gasteiger charge is 2.18. The number of carbonyl (C=O) groups excluding carboxylic acids is 1. The van der Waals surface area contributed by atoms with Crippen LogP contribution in [0.5, 0.6) is 5.75 Å². The number of halogens is 1. The monoisotopic (exact) mass is 343 g/mol. The Labute approximate surface area is 148 Å². The van der Waals surface area contributed by atoms with Crippen LogP contribution in [0, 0.1) is 0 Å². The minimum Gasteiger partial charge on any atom is -0.486 e. The van der Waals surface area contributed by atoms with Crippen LogP contribution in [0.4, 0.5) is 0 Å². The van der Waals surface area contributed by atoms with E-state index in [0.29, 0.717) is 16.3 Å². The maximum Gasteiger partial charge on any atom is 0.253 e. The molecule has 1 heterocycles. The lowest BCUT2D eigenvalue weighted by atomic mass is 10.1. The quantitative estimate of drug-likeness (QED) is 0.772. The molecule has 126 valence electrons. The zero-order valence-corrected chi connectivity index (χ0v) is 14.6. The van der Waals surface area contributed by atoms with Crippen molar-refractivity contribution in [3.63, 3.8) is 0 Å². The summed E-state index contributed by atoms with van der Waals surface area (Å²) in [5.74, 6) is 0.805. The molecule has 1 unspecified atom stereocenters. The van der Waals surface area contributed by atoms with Gasteiger partial charge in [0.15, 0.2) is 0 Å². The van der Waals surface area contributed by atoms with Crippen molar-refractivity contribution in [1.82, 2.24) is 4.90 Å². The van der Waals surface area contributed by atoms with E-state index in [1.807, 2.05) is 60.4 Å². The molecule has 1 fully saturated rings. The number of likely N-dealkylation sites (tertiary alicyclic amines) is 1. The predicted molar refractivity (Wildman–Crippen MR) is 96.7 cm³/mol. The van der Waals surface area contributed by atoms with E-state index in [4.69, 9.17) is 16.3 Å². The summed E-state index contributed by atoms with van der Waals surface area (Å²) in [5, 5.41) is 0.708. The van der Waals surface area contributed by atoms with Crippen molar-refractivity contribution in [2.24, 2.45) is 0 Å². The van der Waals surface area contributed by atoms with E-state index < -0.39 is 0 Å². The number of nitrogens with zero attached hydrogens (tertiary/aromatic N) is 1. The number of hydrogen-bond acceptors (Lipinski definition) is 2. The molecule has 0 N–H and O–H groups in total. The van der Waals surface area contributed by atoms with Crippen LogP contribution in [-0.2, 0) is 0 Å². The third kappa shape index (κ3) is 4.09. The van der Waals surface area contributed by atoms with E-state index in [9.17, 15) is 4.79 Å². The summed E-state index contributed by atoms with van der Waals surface area (Å²) < 4.78 is 6.00. The second-order valence-electron chi connectivity index (χ2n) is 6.19. The third-order valence-electron chi connectivity index (χ3n) is 4.38. The van der Waals surface area contributed by atoms with E-state index in [2.05, 4.69) is 0 Å². The smallest absolute Gasteiger partial charge is 0.253 e. The van der Waals surface area contributed by atoms with Gasteiger partial charge >= 0.3 is 0 Å². The molecule has 0 aliphatic carbocycles. The Balaban J connectivity index is 1.70. The molecular formula is C20H22ClNO2. The average molecular weight is 344 g/mol. The molecule has 2 aromatic rings. The second-order valence-corrected chi connectivity index (χ2v) is 6.63. The maximum absolute atomic E-state index is 12.6. The lowest BCUT2D eigenvalue weighted by Crippen LogP contribution is -2.35. The van der Waals surface area contributed by atoms with Gasteiger partial charge in [0.1, 0.15) is 11.9 Å². The lowest BCUT2D eigenvalue weighted by Gasteiger charge is -2.27. The number of ether oxygens (including phenoxy) is 1. The summed E-state index contributed by atoms with van der Waals surface area (Å²) in [6.45, 7) is 3.69. The Morgan fingerprint density at radius 1 is 1.08 bits per heavy atom. The standard InChI is InChI=1S/C20H22ClNO2/c1-15(16-8-10-18(21)11-9-16)24-19-7-5-6-17(14-19)20(23)22-12-3-2-4-13-22/h5-11,14-15H,2-4,12-13H2,1H3. The molecule has 0 radical (unpaired) electrons. The number of hydrogen-bond donors (Lipinski definition) is 0. The average Bonchev–Trinajstić information content (AvgIpc) is 2.62. The van der Waals surface area contributed by atoms with Gasteiger partial charge in [-0.25, -0.2) is 0 Å². The van der Waals surface area contributed by atoms with Gasteiger partial charge in [-0.15, -0.1) is 0 Å². The van der Waals surface area contributed by atoms with E-state index in [1.54, 1.807) is 0 Å². The Kier molecular flexibility index (Phi) is 5.41. The molecule has 0 saturated carbocycles. The lowest BCUT2D eigenvalue weighted by molar-refractivity contribution is 0.0723. The Morgan fingerprint density at radius 2 is 1.79 bits per heavy atom. The number of amides is 1. The van der Waals surface area contributed by atoms with E-state index >= 15 is 0 Å². The van der Waals surface area contributed by atoms with Crippen LogP contribution in [0.1, 0.15) is 48.2 Å². The van der Waals surface area contributed by atoms with Crippen LogP contribution < -0.4 is 4.74 Å². The third-order valence-corrected chi connectivity index (χ3v) is 4.63. The van der Waals surface area contributed by atoms with E-state index in [1.165, 1.54) is 6.42 Å². The van der Waals surface area contributed by atoms with Crippen LogP contribution in [0.3, 0.4) is 0 Å². The van der Waals surface area contributed by atoms with E-state index in [-0.39, 0.29) is 12.0 Å². The molecule has 24 heavy (non-hydrogen) atoms. The Hall–Kier alpha value is -2.00. The maximum atomic E-state index is 12.6. The van der Waals surface area contributed by atoms with Crippen molar-refractivity contribution in [2.45, 2.75) is 32.3 Å². The first-order valence-corrected chi connectivity index (χ1v) is 8.83. The summed E-state index contributed by atoms with van der Waals surface area (Å²) in [4.78, 5) is 14.5. The van der Waals surface area contributed by atoms with Crippen molar-refractivity contribution in [2.75, 3.05) is 13.1 Å². The molecule has 1 aliphatic rings. The zero-order chi connectivity index (χ0) is 16.9. The van der Waals surface area contributed by atoms with Crippen molar-refractivity contribution < 1.29 is 9.53 Å².